The molecule has 5 heteroatoms. The van der Waals surface area contributed by atoms with E-state index in [1.54, 1.807) is 6.20 Å². The number of benzene rings is 1. The van der Waals surface area contributed by atoms with Crippen molar-refractivity contribution in [1.82, 2.24) is 15.2 Å². The third kappa shape index (κ3) is 3.12. The zero-order chi connectivity index (χ0) is 14.7. The molecule has 0 amide bonds. The highest BCUT2D eigenvalue weighted by Crippen LogP contribution is 2.22. The van der Waals surface area contributed by atoms with Crippen LogP contribution < -0.4 is 10.2 Å². The molecule has 1 aliphatic heterocycles. The molecule has 0 saturated carbocycles. The highest BCUT2D eigenvalue weighted by Gasteiger charge is 2.18. The summed E-state index contributed by atoms with van der Waals surface area (Å²) in [4.78, 5) is 6.79. The van der Waals surface area contributed by atoms with E-state index in [0.29, 0.717) is 12.0 Å². The molecule has 2 aromatic rings. The summed E-state index contributed by atoms with van der Waals surface area (Å²) in [6.45, 7) is 6.07. The van der Waals surface area contributed by atoms with Crippen LogP contribution in [0.4, 0.5) is 11.8 Å². The normalized spacial score (nSPS) is 15.4. The minimum absolute atomic E-state index is 0.386. The van der Waals surface area contributed by atoms with Crippen LogP contribution in [0.25, 0.3) is 0 Å². The summed E-state index contributed by atoms with van der Waals surface area (Å²) < 4.78 is 0. The van der Waals surface area contributed by atoms with Crippen LogP contribution >= 0.6 is 0 Å². The number of aromatic nitrogens is 3. The summed E-state index contributed by atoms with van der Waals surface area (Å²) in [5.74, 6) is 1.51. The van der Waals surface area contributed by atoms with E-state index < -0.39 is 0 Å². The van der Waals surface area contributed by atoms with Gasteiger partial charge in [-0.1, -0.05) is 31.2 Å². The third-order valence-corrected chi connectivity index (χ3v) is 3.97. The minimum atomic E-state index is 0.386. The van der Waals surface area contributed by atoms with Crippen molar-refractivity contribution >= 4 is 11.8 Å². The smallest absolute Gasteiger partial charge is 0.247 e. The van der Waals surface area contributed by atoms with Gasteiger partial charge < -0.3 is 10.2 Å². The quantitative estimate of drug-likeness (QED) is 0.935. The van der Waals surface area contributed by atoms with Gasteiger partial charge in [-0.2, -0.15) is 10.1 Å². The van der Waals surface area contributed by atoms with Gasteiger partial charge in [0.05, 0.1) is 6.20 Å². The molecule has 0 saturated heterocycles. The highest BCUT2D eigenvalue weighted by molar-refractivity contribution is 5.43. The lowest BCUT2D eigenvalue weighted by molar-refractivity contribution is 0.693. The number of fused-ring (bicyclic) bond motifs is 1. The van der Waals surface area contributed by atoms with Gasteiger partial charge in [0, 0.05) is 19.1 Å². The molecular formula is C16H21N5. The Labute approximate surface area is 125 Å². The van der Waals surface area contributed by atoms with Crippen LogP contribution in [0.15, 0.2) is 30.5 Å². The third-order valence-electron chi connectivity index (χ3n) is 3.97. The van der Waals surface area contributed by atoms with Gasteiger partial charge in [-0.3, -0.25) is 0 Å². The van der Waals surface area contributed by atoms with Crippen LogP contribution in [0.2, 0.25) is 0 Å². The number of hydrogen-bond acceptors (Lipinski definition) is 5. The molecule has 3 rings (SSSR count). The average Bonchev–Trinajstić information content (AvgIpc) is 2.54. The summed E-state index contributed by atoms with van der Waals surface area (Å²) in [5, 5.41) is 11.6. The molecule has 0 fully saturated rings. The van der Waals surface area contributed by atoms with Gasteiger partial charge in [-0.15, -0.1) is 5.10 Å². The van der Waals surface area contributed by atoms with Crippen molar-refractivity contribution in [3.8, 4) is 0 Å². The van der Waals surface area contributed by atoms with E-state index in [9.17, 15) is 0 Å². The lowest BCUT2D eigenvalue weighted by atomic mass is 10.0. The number of nitrogens with one attached hydrogen (secondary N) is 1. The molecule has 1 atom stereocenters. The Morgan fingerprint density at radius 2 is 2.10 bits per heavy atom. The molecule has 110 valence electrons. The second kappa shape index (κ2) is 6.08. The molecular weight excluding hydrogens is 262 g/mol. The van der Waals surface area contributed by atoms with Gasteiger partial charge in [0.1, 0.15) is 0 Å². The summed E-state index contributed by atoms with van der Waals surface area (Å²) in [6.07, 6.45) is 3.77. The first-order valence-corrected chi connectivity index (χ1v) is 7.54. The standard InChI is InChI=1S/C16H21N5/c1-3-12(2)18-15-10-17-20-16(19-15)21-9-8-13-6-4-5-7-14(13)11-21/h4-7,10,12H,3,8-9,11H2,1-2H3,(H,18,19,20). The van der Waals surface area contributed by atoms with E-state index in [-0.39, 0.29) is 0 Å². The second-order valence-electron chi connectivity index (χ2n) is 5.54. The molecule has 1 N–H and O–H groups in total. The van der Waals surface area contributed by atoms with Crippen LogP contribution in [-0.2, 0) is 13.0 Å². The van der Waals surface area contributed by atoms with Crippen LogP contribution in [0.5, 0.6) is 0 Å². The summed E-state index contributed by atoms with van der Waals surface area (Å²) in [5.41, 5.74) is 2.78. The fourth-order valence-corrected chi connectivity index (χ4v) is 2.52. The number of hydrogen-bond donors (Lipinski definition) is 1. The van der Waals surface area contributed by atoms with E-state index in [4.69, 9.17) is 0 Å². The van der Waals surface area contributed by atoms with Crippen molar-refractivity contribution in [2.75, 3.05) is 16.8 Å². The summed E-state index contributed by atoms with van der Waals surface area (Å²) >= 11 is 0. The SMILES string of the molecule is CCC(C)Nc1cnnc(N2CCc3ccccc3C2)n1. The van der Waals surface area contributed by atoms with Gasteiger partial charge in [0.25, 0.3) is 0 Å². The Morgan fingerprint density at radius 3 is 2.90 bits per heavy atom. The maximum Gasteiger partial charge on any atom is 0.247 e. The Morgan fingerprint density at radius 1 is 1.29 bits per heavy atom. The van der Waals surface area contributed by atoms with Gasteiger partial charge in [0.15, 0.2) is 5.82 Å². The molecule has 0 bridgehead atoms. The van der Waals surface area contributed by atoms with Crippen LogP contribution in [0.1, 0.15) is 31.4 Å². The van der Waals surface area contributed by atoms with Gasteiger partial charge in [-0.05, 0) is 30.9 Å². The molecule has 1 aromatic carbocycles. The number of anilines is 2. The fourth-order valence-electron chi connectivity index (χ4n) is 2.52. The van der Waals surface area contributed by atoms with Crippen LogP contribution in [-0.4, -0.2) is 27.8 Å². The molecule has 0 radical (unpaired) electrons. The largest absolute Gasteiger partial charge is 0.366 e. The molecule has 21 heavy (non-hydrogen) atoms. The predicted octanol–water partition coefficient (Wildman–Crippen LogP) is 2.64. The summed E-state index contributed by atoms with van der Waals surface area (Å²) in [7, 11) is 0. The van der Waals surface area contributed by atoms with Crippen LogP contribution in [0, 0.1) is 0 Å². The zero-order valence-electron chi connectivity index (χ0n) is 12.6. The van der Waals surface area contributed by atoms with E-state index in [0.717, 1.165) is 31.7 Å². The molecule has 2 heterocycles. The van der Waals surface area contributed by atoms with Crippen LogP contribution in [0.3, 0.4) is 0 Å². The van der Waals surface area contributed by atoms with Crippen molar-refractivity contribution in [2.24, 2.45) is 0 Å². The molecule has 1 aromatic heterocycles. The first kappa shape index (κ1) is 13.8. The first-order valence-electron chi connectivity index (χ1n) is 7.54. The lowest BCUT2D eigenvalue weighted by Gasteiger charge is -2.28. The lowest BCUT2D eigenvalue weighted by Crippen LogP contribution is -2.32. The first-order chi connectivity index (χ1) is 10.3. The van der Waals surface area contributed by atoms with E-state index in [1.807, 2.05) is 0 Å². The van der Waals surface area contributed by atoms with Gasteiger partial charge in [0.2, 0.25) is 5.95 Å². The monoisotopic (exact) mass is 283 g/mol. The highest BCUT2D eigenvalue weighted by atomic mass is 15.3. The predicted molar refractivity (Wildman–Crippen MR) is 84.4 cm³/mol. The molecule has 1 unspecified atom stereocenters. The molecule has 0 aliphatic carbocycles. The Kier molecular flexibility index (Phi) is 3.99. The van der Waals surface area contributed by atoms with E-state index >= 15 is 0 Å². The maximum absolute atomic E-state index is 4.60. The van der Waals surface area contributed by atoms with E-state index in [2.05, 4.69) is 63.5 Å². The number of nitrogens with zero attached hydrogens (tertiary/aromatic N) is 4. The molecule has 5 nitrogen and oxygen atoms in total. The van der Waals surface area contributed by atoms with Crippen molar-refractivity contribution in [3.05, 3.63) is 41.6 Å². The zero-order valence-corrected chi connectivity index (χ0v) is 12.6. The fraction of sp³-hybridized carbons (Fsp3) is 0.438. The van der Waals surface area contributed by atoms with Crippen molar-refractivity contribution in [2.45, 2.75) is 39.3 Å². The van der Waals surface area contributed by atoms with Crippen molar-refractivity contribution in [3.63, 3.8) is 0 Å². The summed E-state index contributed by atoms with van der Waals surface area (Å²) in [6, 6.07) is 8.95. The average molecular weight is 283 g/mol. The topological polar surface area (TPSA) is 53.9 Å². The Balaban J connectivity index is 1.77. The van der Waals surface area contributed by atoms with E-state index in [1.165, 1.54) is 11.1 Å². The molecule has 1 aliphatic rings. The van der Waals surface area contributed by atoms with Gasteiger partial charge in [-0.25, -0.2) is 0 Å². The number of rotatable bonds is 4. The maximum atomic E-state index is 4.60. The van der Waals surface area contributed by atoms with Crippen molar-refractivity contribution < 1.29 is 0 Å². The molecule has 0 spiro atoms. The Bertz CT molecular complexity index is 613. The van der Waals surface area contributed by atoms with Gasteiger partial charge >= 0.3 is 0 Å². The second-order valence-corrected chi connectivity index (χ2v) is 5.54. The minimum Gasteiger partial charge on any atom is -0.366 e. The van der Waals surface area contributed by atoms with Crippen molar-refractivity contribution in [1.29, 1.82) is 0 Å². The Hall–Kier alpha value is -2.17.